The van der Waals surface area contributed by atoms with Gasteiger partial charge in [0.2, 0.25) is 0 Å². The van der Waals surface area contributed by atoms with Crippen LogP contribution in [-0.4, -0.2) is 6.36 Å². The molecule has 0 aliphatic rings. The third-order valence-corrected chi connectivity index (χ3v) is 1.45. The third kappa shape index (κ3) is 3.17. The second-order valence-electron chi connectivity index (χ2n) is 2.54. The van der Waals surface area contributed by atoms with E-state index in [0.29, 0.717) is 0 Å². The van der Waals surface area contributed by atoms with E-state index in [1.807, 2.05) is 0 Å². The van der Waals surface area contributed by atoms with Crippen LogP contribution < -0.4 is 4.74 Å². The lowest BCUT2D eigenvalue weighted by molar-refractivity contribution is -0.275. The fourth-order valence-corrected chi connectivity index (χ4v) is 0.946. The van der Waals surface area contributed by atoms with Gasteiger partial charge in [-0.05, 0) is 19.1 Å². The second-order valence-corrected chi connectivity index (χ2v) is 2.54. The molecule has 0 heterocycles. The van der Waals surface area contributed by atoms with Crippen molar-refractivity contribution in [2.45, 2.75) is 13.3 Å². The Morgan fingerprint density at radius 2 is 1.93 bits per heavy atom. The summed E-state index contributed by atoms with van der Waals surface area (Å²) in [5, 5.41) is 0. The van der Waals surface area contributed by atoms with Crippen LogP contribution >= 0.6 is 0 Å². The summed E-state index contributed by atoms with van der Waals surface area (Å²) in [6.45, 7) is 1.46. The van der Waals surface area contributed by atoms with Crippen molar-refractivity contribution in [3.8, 4) is 17.6 Å². The van der Waals surface area contributed by atoms with Crippen LogP contribution in [0.25, 0.3) is 0 Å². The Kier molecular flexibility index (Phi) is 3.20. The fraction of sp³-hybridized carbons (Fsp3) is 0.200. The van der Waals surface area contributed by atoms with E-state index in [1.54, 1.807) is 0 Å². The largest absolute Gasteiger partial charge is 0.573 e. The molecule has 1 aromatic rings. The maximum atomic E-state index is 13.3. The molecule has 0 fully saturated rings. The highest BCUT2D eigenvalue weighted by Gasteiger charge is 2.32. The average Bonchev–Trinajstić information content (AvgIpc) is 2.10. The number of halogens is 4. The van der Waals surface area contributed by atoms with Crippen molar-refractivity contribution in [2.75, 3.05) is 0 Å². The zero-order valence-electron chi connectivity index (χ0n) is 7.65. The highest BCUT2D eigenvalue weighted by Crippen LogP contribution is 2.26. The van der Waals surface area contributed by atoms with Gasteiger partial charge >= 0.3 is 6.36 Å². The zero-order valence-corrected chi connectivity index (χ0v) is 7.65. The molecule has 0 radical (unpaired) electrons. The van der Waals surface area contributed by atoms with E-state index in [1.165, 1.54) is 19.1 Å². The van der Waals surface area contributed by atoms with Gasteiger partial charge in [-0.1, -0.05) is 12.0 Å². The first-order valence-corrected chi connectivity index (χ1v) is 3.91. The van der Waals surface area contributed by atoms with Crippen LogP contribution in [0.5, 0.6) is 5.75 Å². The third-order valence-electron chi connectivity index (χ3n) is 1.45. The maximum Gasteiger partial charge on any atom is 0.573 e. The molecule has 0 unspecified atom stereocenters. The highest BCUT2D eigenvalue weighted by atomic mass is 19.4. The lowest BCUT2D eigenvalue weighted by Gasteiger charge is -2.09. The van der Waals surface area contributed by atoms with Gasteiger partial charge < -0.3 is 4.74 Å². The Morgan fingerprint density at radius 1 is 1.27 bits per heavy atom. The van der Waals surface area contributed by atoms with Crippen molar-refractivity contribution in [3.05, 3.63) is 29.6 Å². The van der Waals surface area contributed by atoms with Gasteiger partial charge in [0.15, 0.2) is 11.6 Å². The van der Waals surface area contributed by atoms with E-state index < -0.39 is 17.9 Å². The lowest BCUT2D eigenvalue weighted by Crippen LogP contribution is -2.18. The molecular formula is C10H6F4O. The van der Waals surface area contributed by atoms with Gasteiger partial charge in [0.05, 0.1) is 5.56 Å². The summed E-state index contributed by atoms with van der Waals surface area (Å²) in [7, 11) is 0. The summed E-state index contributed by atoms with van der Waals surface area (Å²) in [6, 6.07) is 3.41. The number of hydrogen-bond acceptors (Lipinski definition) is 1. The molecule has 1 aromatic carbocycles. The van der Waals surface area contributed by atoms with E-state index >= 15 is 0 Å². The SMILES string of the molecule is CC#Cc1cccc(OC(F)(F)F)c1F. The summed E-state index contributed by atoms with van der Waals surface area (Å²) >= 11 is 0. The number of rotatable bonds is 1. The van der Waals surface area contributed by atoms with Crippen LogP contribution in [0.3, 0.4) is 0 Å². The lowest BCUT2D eigenvalue weighted by atomic mass is 10.2. The topological polar surface area (TPSA) is 9.23 Å². The molecule has 1 nitrogen and oxygen atoms in total. The minimum atomic E-state index is -4.90. The van der Waals surface area contributed by atoms with Crippen LogP contribution in [0.4, 0.5) is 17.6 Å². The van der Waals surface area contributed by atoms with Crippen molar-refractivity contribution in [1.29, 1.82) is 0 Å². The molecule has 0 aliphatic heterocycles. The van der Waals surface area contributed by atoms with Gasteiger partial charge in [0.25, 0.3) is 0 Å². The fourth-order valence-electron chi connectivity index (χ4n) is 0.946. The standard InChI is InChI=1S/C10H6F4O/c1-2-4-7-5-3-6-8(9(7)11)15-10(12,13)14/h3,5-6H,1H3. The van der Waals surface area contributed by atoms with Crippen LogP contribution in [0.1, 0.15) is 12.5 Å². The van der Waals surface area contributed by atoms with Crippen LogP contribution in [-0.2, 0) is 0 Å². The molecule has 0 atom stereocenters. The molecule has 0 aromatic heterocycles. The number of hydrogen-bond donors (Lipinski definition) is 0. The molecule has 0 aliphatic carbocycles. The molecule has 80 valence electrons. The Morgan fingerprint density at radius 3 is 2.47 bits per heavy atom. The quantitative estimate of drug-likeness (QED) is 0.519. The van der Waals surface area contributed by atoms with Crippen LogP contribution in [0, 0.1) is 17.7 Å². The summed E-state index contributed by atoms with van der Waals surface area (Å²) in [6.07, 6.45) is -4.90. The van der Waals surface area contributed by atoms with Gasteiger partial charge in [0.1, 0.15) is 0 Å². The molecule has 0 saturated heterocycles. The molecule has 0 amide bonds. The molecule has 0 spiro atoms. The average molecular weight is 218 g/mol. The maximum absolute atomic E-state index is 13.3. The molecule has 5 heteroatoms. The predicted molar refractivity (Wildman–Crippen MR) is 45.6 cm³/mol. The van der Waals surface area contributed by atoms with Crippen molar-refractivity contribution >= 4 is 0 Å². The monoisotopic (exact) mass is 218 g/mol. The molecule has 0 bridgehead atoms. The minimum absolute atomic E-state index is 0.126. The smallest absolute Gasteiger partial charge is 0.403 e. The van der Waals surface area contributed by atoms with Gasteiger partial charge in [-0.15, -0.1) is 19.1 Å². The van der Waals surface area contributed by atoms with E-state index in [2.05, 4.69) is 16.6 Å². The first-order valence-electron chi connectivity index (χ1n) is 3.91. The van der Waals surface area contributed by atoms with E-state index in [4.69, 9.17) is 0 Å². The Hall–Kier alpha value is -1.70. The molecule has 1 rings (SSSR count). The number of benzene rings is 1. The molecule has 0 N–H and O–H groups in total. The van der Waals surface area contributed by atoms with Gasteiger partial charge in [-0.3, -0.25) is 0 Å². The Balaban J connectivity index is 3.08. The summed E-state index contributed by atoms with van der Waals surface area (Å²) in [4.78, 5) is 0. The van der Waals surface area contributed by atoms with Crippen LogP contribution in [0.15, 0.2) is 18.2 Å². The summed E-state index contributed by atoms with van der Waals surface area (Å²) in [5.74, 6) is 2.74. The predicted octanol–water partition coefficient (Wildman–Crippen LogP) is 3.10. The normalized spacial score (nSPS) is 10.5. The van der Waals surface area contributed by atoms with Gasteiger partial charge in [-0.25, -0.2) is 4.39 Å². The first kappa shape index (κ1) is 11.4. The number of ether oxygens (including phenoxy) is 1. The molecule has 15 heavy (non-hydrogen) atoms. The van der Waals surface area contributed by atoms with Crippen molar-refractivity contribution in [1.82, 2.24) is 0 Å². The molecular weight excluding hydrogens is 212 g/mol. The van der Waals surface area contributed by atoms with E-state index in [-0.39, 0.29) is 5.56 Å². The van der Waals surface area contributed by atoms with Crippen LogP contribution in [0.2, 0.25) is 0 Å². The number of alkyl halides is 3. The summed E-state index contributed by atoms with van der Waals surface area (Å²) in [5.41, 5.74) is -0.126. The van der Waals surface area contributed by atoms with E-state index in [9.17, 15) is 17.6 Å². The second kappa shape index (κ2) is 4.22. The zero-order chi connectivity index (χ0) is 11.5. The van der Waals surface area contributed by atoms with Crippen molar-refractivity contribution < 1.29 is 22.3 Å². The first-order chi connectivity index (χ1) is 6.94. The summed E-state index contributed by atoms with van der Waals surface area (Å²) < 4.78 is 52.2. The van der Waals surface area contributed by atoms with Crippen molar-refractivity contribution in [3.63, 3.8) is 0 Å². The van der Waals surface area contributed by atoms with Gasteiger partial charge in [-0.2, -0.15) is 0 Å². The minimum Gasteiger partial charge on any atom is -0.403 e. The van der Waals surface area contributed by atoms with Crippen molar-refractivity contribution in [2.24, 2.45) is 0 Å². The Bertz CT molecular complexity index is 412. The molecule has 0 saturated carbocycles. The highest BCUT2D eigenvalue weighted by molar-refractivity contribution is 5.41. The Labute approximate surface area is 83.7 Å². The van der Waals surface area contributed by atoms with Gasteiger partial charge in [0, 0.05) is 0 Å². The van der Waals surface area contributed by atoms with E-state index in [0.717, 1.165) is 6.07 Å².